The Bertz CT molecular complexity index is 1120. The van der Waals surface area contributed by atoms with Gasteiger partial charge in [0.2, 0.25) is 5.76 Å². The fourth-order valence-corrected chi connectivity index (χ4v) is 4.44. The first-order chi connectivity index (χ1) is 17.9. The molecule has 0 radical (unpaired) electrons. The Kier molecular flexibility index (Phi) is 8.02. The van der Waals surface area contributed by atoms with Crippen molar-refractivity contribution in [2.45, 2.75) is 70.7 Å². The van der Waals surface area contributed by atoms with E-state index in [1.807, 2.05) is 4.90 Å². The summed E-state index contributed by atoms with van der Waals surface area (Å²) in [7, 11) is 0. The summed E-state index contributed by atoms with van der Waals surface area (Å²) in [4.78, 5) is 36.3. The van der Waals surface area contributed by atoms with Crippen molar-refractivity contribution in [2.75, 3.05) is 41.3 Å². The second-order valence-electron chi connectivity index (χ2n) is 10.5. The maximum absolute atomic E-state index is 13.6. The van der Waals surface area contributed by atoms with Crippen molar-refractivity contribution in [3.8, 4) is 0 Å². The second kappa shape index (κ2) is 11.1. The standard InChI is InChI=1S/C25H33F3N6O4/c1-24(2,3)38-23(36)31-16-9-13-33(14-10-16)18-8-7-17(15-29-18)30-21(35)19-20(25(26,27)28)32-22(37-19)34-11-5-4-6-12-34/h7-8,15-16H,4-6,9-14H2,1-3H3,(H,30,35)(H,31,36). The molecule has 0 saturated carbocycles. The Labute approximate surface area is 218 Å². The van der Waals surface area contributed by atoms with E-state index in [2.05, 4.69) is 20.6 Å². The number of pyridine rings is 1. The number of hydrogen-bond acceptors (Lipinski definition) is 8. The van der Waals surface area contributed by atoms with Crippen molar-refractivity contribution in [2.24, 2.45) is 0 Å². The first kappa shape index (κ1) is 27.5. The number of halogens is 3. The summed E-state index contributed by atoms with van der Waals surface area (Å²) in [6, 6.07) is 3.04. The van der Waals surface area contributed by atoms with Crippen LogP contribution in [0, 0.1) is 0 Å². The highest BCUT2D eigenvalue weighted by Gasteiger charge is 2.42. The lowest BCUT2D eigenvalue weighted by molar-refractivity contribution is -0.141. The molecular weight excluding hydrogens is 505 g/mol. The molecule has 0 unspecified atom stereocenters. The number of nitrogens with zero attached hydrogens (tertiary/aromatic N) is 4. The lowest BCUT2D eigenvalue weighted by Crippen LogP contribution is -2.46. The zero-order valence-electron chi connectivity index (χ0n) is 21.7. The van der Waals surface area contributed by atoms with E-state index >= 15 is 0 Å². The number of carbonyl (C=O) groups excluding carboxylic acids is 2. The van der Waals surface area contributed by atoms with Crippen LogP contribution in [0.15, 0.2) is 22.7 Å². The molecule has 2 saturated heterocycles. The van der Waals surface area contributed by atoms with E-state index in [-0.39, 0.29) is 17.7 Å². The molecule has 13 heteroatoms. The van der Waals surface area contributed by atoms with Crippen LogP contribution < -0.4 is 20.4 Å². The summed E-state index contributed by atoms with van der Waals surface area (Å²) in [5, 5.41) is 5.31. The third kappa shape index (κ3) is 7.07. The molecule has 208 valence electrons. The maximum atomic E-state index is 13.6. The zero-order valence-corrected chi connectivity index (χ0v) is 21.7. The van der Waals surface area contributed by atoms with Crippen LogP contribution in [0.25, 0.3) is 0 Å². The van der Waals surface area contributed by atoms with Gasteiger partial charge in [-0.05, 0) is 65.0 Å². The predicted molar refractivity (Wildman–Crippen MR) is 134 cm³/mol. The summed E-state index contributed by atoms with van der Waals surface area (Å²) >= 11 is 0. The highest BCUT2D eigenvalue weighted by atomic mass is 19.4. The summed E-state index contributed by atoms with van der Waals surface area (Å²) in [5.74, 6) is -1.26. The van der Waals surface area contributed by atoms with Crippen LogP contribution >= 0.6 is 0 Å². The van der Waals surface area contributed by atoms with E-state index in [1.165, 1.54) is 6.20 Å². The molecule has 10 nitrogen and oxygen atoms in total. The number of alkyl halides is 3. The summed E-state index contributed by atoms with van der Waals surface area (Å²) in [6.45, 7) is 7.76. The molecule has 4 rings (SSSR count). The third-order valence-electron chi connectivity index (χ3n) is 6.26. The fraction of sp³-hybridized carbons (Fsp3) is 0.600. The number of piperidine rings is 2. The minimum atomic E-state index is -4.84. The lowest BCUT2D eigenvalue weighted by Gasteiger charge is -2.33. The summed E-state index contributed by atoms with van der Waals surface area (Å²) < 4.78 is 51.4. The molecular formula is C25H33F3N6O4. The normalized spacial score (nSPS) is 17.3. The van der Waals surface area contributed by atoms with Crippen molar-refractivity contribution in [1.82, 2.24) is 15.3 Å². The average molecular weight is 539 g/mol. The SMILES string of the molecule is CC(C)(C)OC(=O)NC1CCN(c2ccc(NC(=O)c3oc(N4CCCCC4)nc3C(F)(F)F)cn2)CC1. The van der Waals surface area contributed by atoms with Gasteiger partial charge in [-0.15, -0.1) is 0 Å². The largest absolute Gasteiger partial charge is 0.444 e. The van der Waals surface area contributed by atoms with Gasteiger partial charge in [0.15, 0.2) is 5.69 Å². The van der Waals surface area contributed by atoms with Crippen molar-refractivity contribution in [1.29, 1.82) is 0 Å². The molecule has 0 atom stereocenters. The number of rotatable bonds is 5. The number of amides is 2. The second-order valence-corrected chi connectivity index (χ2v) is 10.5. The monoisotopic (exact) mass is 538 g/mol. The van der Waals surface area contributed by atoms with Gasteiger partial charge >= 0.3 is 12.3 Å². The first-order valence-corrected chi connectivity index (χ1v) is 12.7. The number of nitrogens with one attached hydrogen (secondary N) is 2. The highest BCUT2D eigenvalue weighted by molar-refractivity contribution is 6.03. The maximum Gasteiger partial charge on any atom is 0.437 e. The number of aromatic nitrogens is 2. The Balaban J connectivity index is 1.35. The molecule has 38 heavy (non-hydrogen) atoms. The Morgan fingerprint density at radius 1 is 1.03 bits per heavy atom. The van der Waals surface area contributed by atoms with Gasteiger partial charge in [0.1, 0.15) is 11.4 Å². The van der Waals surface area contributed by atoms with Gasteiger partial charge in [-0.1, -0.05) is 0 Å². The van der Waals surface area contributed by atoms with Gasteiger partial charge in [0.25, 0.3) is 11.9 Å². The highest BCUT2D eigenvalue weighted by Crippen LogP contribution is 2.35. The molecule has 2 fully saturated rings. The van der Waals surface area contributed by atoms with E-state index in [4.69, 9.17) is 9.15 Å². The van der Waals surface area contributed by atoms with Gasteiger partial charge in [-0.2, -0.15) is 18.2 Å². The van der Waals surface area contributed by atoms with Crippen molar-refractivity contribution >= 4 is 29.5 Å². The summed E-state index contributed by atoms with van der Waals surface area (Å²) in [6.07, 6.45) is 0.125. The van der Waals surface area contributed by atoms with E-state index in [1.54, 1.807) is 37.8 Å². The van der Waals surface area contributed by atoms with Gasteiger partial charge < -0.3 is 29.6 Å². The molecule has 0 aliphatic carbocycles. The van der Waals surface area contributed by atoms with Gasteiger partial charge in [-0.3, -0.25) is 4.79 Å². The van der Waals surface area contributed by atoms with Crippen LogP contribution in [-0.4, -0.2) is 59.8 Å². The Morgan fingerprint density at radius 3 is 2.29 bits per heavy atom. The number of anilines is 3. The Hall–Kier alpha value is -3.51. The van der Waals surface area contributed by atoms with Crippen molar-refractivity contribution in [3.63, 3.8) is 0 Å². The summed E-state index contributed by atoms with van der Waals surface area (Å²) in [5.41, 5.74) is -1.68. The van der Waals surface area contributed by atoms with Crippen LogP contribution in [0.3, 0.4) is 0 Å². The van der Waals surface area contributed by atoms with Crippen molar-refractivity contribution in [3.05, 3.63) is 29.8 Å². The molecule has 0 aromatic carbocycles. The molecule has 0 spiro atoms. The minimum absolute atomic E-state index is 0.0146. The molecule has 2 amide bonds. The quantitative estimate of drug-likeness (QED) is 0.557. The fourth-order valence-electron chi connectivity index (χ4n) is 4.44. The van der Waals surface area contributed by atoms with Crippen LogP contribution in [0.1, 0.15) is 69.1 Å². The molecule has 2 aliphatic heterocycles. The number of oxazole rings is 1. The van der Waals surface area contributed by atoms with E-state index in [0.717, 1.165) is 19.3 Å². The van der Waals surface area contributed by atoms with Crippen LogP contribution in [0.2, 0.25) is 0 Å². The molecule has 2 aromatic heterocycles. The minimum Gasteiger partial charge on any atom is -0.444 e. The lowest BCUT2D eigenvalue weighted by atomic mass is 10.1. The Morgan fingerprint density at radius 2 is 1.71 bits per heavy atom. The van der Waals surface area contributed by atoms with Crippen molar-refractivity contribution < 1.29 is 31.9 Å². The first-order valence-electron chi connectivity index (χ1n) is 12.7. The molecule has 2 aliphatic rings. The van der Waals surface area contributed by atoms with Gasteiger partial charge in [0, 0.05) is 32.2 Å². The van der Waals surface area contributed by atoms with Gasteiger partial charge in [-0.25, -0.2) is 9.78 Å². The van der Waals surface area contributed by atoms with Crippen LogP contribution in [-0.2, 0) is 10.9 Å². The molecule has 4 heterocycles. The molecule has 0 bridgehead atoms. The van der Waals surface area contributed by atoms with E-state index < -0.39 is 35.2 Å². The number of carbonyl (C=O) groups is 2. The van der Waals surface area contributed by atoms with Crippen LogP contribution in [0.5, 0.6) is 0 Å². The number of alkyl carbamates (subject to hydrolysis) is 1. The topological polar surface area (TPSA) is 113 Å². The number of hydrogen-bond donors (Lipinski definition) is 2. The van der Waals surface area contributed by atoms with Crippen LogP contribution in [0.4, 0.5) is 35.5 Å². The smallest absolute Gasteiger partial charge is 0.437 e. The van der Waals surface area contributed by atoms with E-state index in [9.17, 15) is 22.8 Å². The molecule has 2 aromatic rings. The average Bonchev–Trinajstić information content (AvgIpc) is 3.31. The van der Waals surface area contributed by atoms with Gasteiger partial charge in [0.05, 0.1) is 11.9 Å². The molecule has 2 N–H and O–H groups in total. The third-order valence-corrected chi connectivity index (χ3v) is 6.26. The zero-order chi connectivity index (χ0) is 27.5. The number of ether oxygens (including phenoxy) is 1. The van der Waals surface area contributed by atoms with E-state index in [0.29, 0.717) is 44.8 Å². The predicted octanol–water partition coefficient (Wildman–Crippen LogP) is 4.82.